The van der Waals surface area contributed by atoms with Crippen molar-refractivity contribution in [3.05, 3.63) is 29.6 Å². The summed E-state index contributed by atoms with van der Waals surface area (Å²) in [7, 11) is 0. The van der Waals surface area contributed by atoms with E-state index in [1.165, 1.54) is 25.7 Å². The van der Waals surface area contributed by atoms with Gasteiger partial charge in [0.05, 0.1) is 0 Å². The first-order valence-corrected chi connectivity index (χ1v) is 7.64. The number of nitriles is 1. The van der Waals surface area contributed by atoms with Gasteiger partial charge in [0.15, 0.2) is 0 Å². The second-order valence-electron chi connectivity index (χ2n) is 5.95. The van der Waals surface area contributed by atoms with E-state index in [4.69, 9.17) is 5.26 Å². The Morgan fingerprint density at radius 2 is 2.15 bits per heavy atom. The second-order valence-corrected chi connectivity index (χ2v) is 5.95. The van der Waals surface area contributed by atoms with Crippen LogP contribution in [0.2, 0.25) is 0 Å². The van der Waals surface area contributed by atoms with Gasteiger partial charge in [-0.15, -0.1) is 0 Å². The Kier molecular flexibility index (Phi) is 4.00. The van der Waals surface area contributed by atoms with Crippen molar-refractivity contribution >= 4 is 0 Å². The lowest BCUT2D eigenvalue weighted by Crippen LogP contribution is -2.48. The summed E-state index contributed by atoms with van der Waals surface area (Å²) in [5, 5.41) is 12.9. The van der Waals surface area contributed by atoms with Crippen molar-refractivity contribution in [3.8, 4) is 6.07 Å². The Hall–Kier alpha value is -1.44. The van der Waals surface area contributed by atoms with E-state index in [1.54, 1.807) is 6.20 Å². The van der Waals surface area contributed by atoms with Crippen molar-refractivity contribution in [2.75, 3.05) is 6.54 Å². The van der Waals surface area contributed by atoms with E-state index in [-0.39, 0.29) is 0 Å². The Labute approximate surface area is 120 Å². The molecule has 2 saturated heterocycles. The van der Waals surface area contributed by atoms with Gasteiger partial charge in [-0.25, -0.2) is 4.98 Å². The molecule has 2 fully saturated rings. The zero-order valence-electron chi connectivity index (χ0n) is 12.0. The highest BCUT2D eigenvalue weighted by molar-refractivity contribution is 5.30. The Balaban J connectivity index is 1.72. The summed E-state index contributed by atoms with van der Waals surface area (Å²) in [5.74, 6) is 0. The summed E-state index contributed by atoms with van der Waals surface area (Å²) >= 11 is 0. The Morgan fingerprint density at radius 3 is 2.80 bits per heavy atom. The van der Waals surface area contributed by atoms with E-state index in [1.807, 2.05) is 12.1 Å². The highest BCUT2D eigenvalue weighted by atomic mass is 15.2. The fourth-order valence-electron chi connectivity index (χ4n) is 3.71. The zero-order chi connectivity index (χ0) is 13.9. The van der Waals surface area contributed by atoms with Gasteiger partial charge in [0.25, 0.3) is 0 Å². The molecular formula is C16H22N4. The molecule has 3 rings (SSSR count). The van der Waals surface area contributed by atoms with Crippen LogP contribution < -0.4 is 5.32 Å². The predicted molar refractivity (Wildman–Crippen MR) is 78.0 cm³/mol. The SMILES string of the molecule is CCN(Cc1cccnc1C#N)C1CC2CCC(C1)N2. The minimum atomic E-state index is 0.572. The summed E-state index contributed by atoms with van der Waals surface area (Å²) in [5.41, 5.74) is 1.63. The number of aromatic nitrogens is 1. The first kappa shape index (κ1) is 13.5. The summed E-state index contributed by atoms with van der Waals surface area (Å²) in [4.78, 5) is 6.69. The van der Waals surface area contributed by atoms with Crippen LogP contribution in [-0.4, -0.2) is 34.6 Å². The molecule has 2 bridgehead atoms. The molecule has 0 spiro atoms. The van der Waals surface area contributed by atoms with Crippen molar-refractivity contribution in [2.24, 2.45) is 0 Å². The van der Waals surface area contributed by atoms with Crippen LogP contribution in [0.5, 0.6) is 0 Å². The molecule has 0 amide bonds. The van der Waals surface area contributed by atoms with Gasteiger partial charge >= 0.3 is 0 Å². The predicted octanol–water partition coefficient (Wildman–Crippen LogP) is 2.06. The van der Waals surface area contributed by atoms with E-state index < -0.39 is 0 Å². The van der Waals surface area contributed by atoms with Crippen LogP contribution in [0.15, 0.2) is 18.3 Å². The molecular weight excluding hydrogens is 248 g/mol. The molecule has 4 nitrogen and oxygen atoms in total. The molecule has 1 aromatic heterocycles. The lowest BCUT2D eigenvalue weighted by atomic mass is 9.97. The van der Waals surface area contributed by atoms with Gasteiger partial charge in [0, 0.05) is 36.4 Å². The number of hydrogen-bond donors (Lipinski definition) is 1. The maximum Gasteiger partial charge on any atom is 0.144 e. The van der Waals surface area contributed by atoms with Gasteiger partial charge < -0.3 is 5.32 Å². The van der Waals surface area contributed by atoms with Crippen LogP contribution in [-0.2, 0) is 6.54 Å². The van der Waals surface area contributed by atoms with Crippen LogP contribution in [0.4, 0.5) is 0 Å². The molecule has 3 heterocycles. The number of nitrogens with zero attached hydrogens (tertiary/aromatic N) is 3. The van der Waals surface area contributed by atoms with E-state index in [0.717, 1.165) is 18.7 Å². The lowest BCUT2D eigenvalue weighted by molar-refractivity contribution is 0.140. The number of rotatable bonds is 4. The van der Waals surface area contributed by atoms with Crippen LogP contribution in [0.1, 0.15) is 43.9 Å². The molecule has 2 aliphatic rings. The first-order valence-electron chi connectivity index (χ1n) is 7.64. The standard InChI is InChI=1S/C16H22N4/c1-2-20(11-12-4-3-7-18-16(12)10-17)15-8-13-5-6-14(9-15)19-13/h3-4,7,13-15,19H,2,5-6,8-9,11H2,1H3. The van der Waals surface area contributed by atoms with Gasteiger partial charge in [-0.3, -0.25) is 4.90 Å². The molecule has 1 aromatic rings. The third-order valence-electron chi connectivity index (χ3n) is 4.74. The maximum absolute atomic E-state index is 9.17. The molecule has 0 aliphatic carbocycles. The van der Waals surface area contributed by atoms with Crippen molar-refractivity contribution in [1.29, 1.82) is 5.26 Å². The summed E-state index contributed by atoms with van der Waals surface area (Å²) in [6, 6.07) is 8.22. The minimum absolute atomic E-state index is 0.572. The Bertz CT molecular complexity index is 495. The van der Waals surface area contributed by atoms with Gasteiger partial charge in [-0.05, 0) is 38.3 Å². The van der Waals surface area contributed by atoms with Crippen molar-refractivity contribution < 1.29 is 0 Å². The molecule has 2 unspecified atom stereocenters. The first-order chi connectivity index (χ1) is 9.80. The van der Waals surface area contributed by atoms with Crippen LogP contribution in [0.3, 0.4) is 0 Å². The van der Waals surface area contributed by atoms with Crippen LogP contribution in [0.25, 0.3) is 0 Å². The van der Waals surface area contributed by atoms with E-state index >= 15 is 0 Å². The number of piperidine rings is 1. The highest BCUT2D eigenvalue weighted by Crippen LogP contribution is 2.30. The normalized spacial score (nSPS) is 28.6. The topological polar surface area (TPSA) is 52.0 Å². The fraction of sp³-hybridized carbons (Fsp3) is 0.625. The third-order valence-corrected chi connectivity index (χ3v) is 4.74. The second kappa shape index (κ2) is 5.90. The molecule has 2 atom stereocenters. The molecule has 4 heteroatoms. The van der Waals surface area contributed by atoms with Crippen molar-refractivity contribution in [1.82, 2.24) is 15.2 Å². The number of nitrogens with one attached hydrogen (secondary N) is 1. The van der Waals surface area contributed by atoms with Gasteiger partial charge in [0.2, 0.25) is 0 Å². The van der Waals surface area contributed by atoms with Crippen molar-refractivity contribution in [3.63, 3.8) is 0 Å². The number of hydrogen-bond acceptors (Lipinski definition) is 4. The van der Waals surface area contributed by atoms with Crippen LogP contribution in [0, 0.1) is 11.3 Å². The minimum Gasteiger partial charge on any atom is -0.311 e. The molecule has 106 valence electrons. The van der Waals surface area contributed by atoms with Crippen LogP contribution >= 0.6 is 0 Å². The summed E-state index contributed by atoms with van der Waals surface area (Å²) in [6.45, 7) is 4.09. The highest BCUT2D eigenvalue weighted by Gasteiger charge is 2.35. The third kappa shape index (κ3) is 2.70. The number of pyridine rings is 1. The lowest BCUT2D eigenvalue weighted by Gasteiger charge is -2.37. The molecule has 1 N–H and O–H groups in total. The smallest absolute Gasteiger partial charge is 0.144 e. The molecule has 0 radical (unpaired) electrons. The largest absolute Gasteiger partial charge is 0.311 e. The monoisotopic (exact) mass is 270 g/mol. The average Bonchev–Trinajstić information content (AvgIpc) is 2.83. The molecule has 20 heavy (non-hydrogen) atoms. The van der Waals surface area contributed by atoms with E-state index in [2.05, 4.69) is 28.2 Å². The summed E-state index contributed by atoms with van der Waals surface area (Å²) in [6.07, 6.45) is 6.84. The van der Waals surface area contributed by atoms with Gasteiger partial charge in [0.1, 0.15) is 11.8 Å². The van der Waals surface area contributed by atoms with Crippen molar-refractivity contribution in [2.45, 2.75) is 57.3 Å². The quantitative estimate of drug-likeness (QED) is 0.910. The average molecular weight is 270 g/mol. The molecule has 2 aliphatic heterocycles. The number of fused-ring (bicyclic) bond motifs is 2. The zero-order valence-corrected chi connectivity index (χ0v) is 12.0. The summed E-state index contributed by atoms with van der Waals surface area (Å²) < 4.78 is 0. The molecule has 0 aromatic carbocycles. The van der Waals surface area contributed by atoms with Gasteiger partial charge in [-0.1, -0.05) is 13.0 Å². The Morgan fingerprint density at radius 1 is 1.40 bits per heavy atom. The maximum atomic E-state index is 9.17. The van der Waals surface area contributed by atoms with E-state index in [0.29, 0.717) is 23.8 Å². The van der Waals surface area contributed by atoms with E-state index in [9.17, 15) is 0 Å². The fourth-order valence-corrected chi connectivity index (χ4v) is 3.71. The molecule has 0 saturated carbocycles. The van der Waals surface area contributed by atoms with Gasteiger partial charge in [-0.2, -0.15) is 5.26 Å².